The molecule has 2 aromatic rings. The van der Waals surface area contributed by atoms with Crippen LogP contribution in [-0.4, -0.2) is 34.0 Å². The average Bonchev–Trinajstić information content (AvgIpc) is 3.07. The number of fused-ring (bicyclic) bond motifs is 1. The van der Waals surface area contributed by atoms with E-state index in [4.69, 9.17) is 4.74 Å². The molecule has 0 radical (unpaired) electrons. The van der Waals surface area contributed by atoms with Crippen molar-refractivity contribution >= 4 is 29.0 Å². The quantitative estimate of drug-likeness (QED) is 0.888. The summed E-state index contributed by atoms with van der Waals surface area (Å²) in [6, 6.07) is 3.65. The van der Waals surface area contributed by atoms with Crippen LogP contribution in [0.3, 0.4) is 0 Å². The van der Waals surface area contributed by atoms with E-state index < -0.39 is 5.60 Å². The van der Waals surface area contributed by atoms with Gasteiger partial charge in [-0.25, -0.2) is 4.79 Å². The van der Waals surface area contributed by atoms with E-state index in [1.165, 1.54) is 11.3 Å². The van der Waals surface area contributed by atoms with Crippen molar-refractivity contribution < 1.29 is 14.3 Å². The average molecular weight is 359 g/mol. The molecule has 0 aromatic carbocycles. The summed E-state index contributed by atoms with van der Waals surface area (Å²) in [6.07, 6.45) is 2.01. The summed E-state index contributed by atoms with van der Waals surface area (Å²) in [5.74, 6) is -0.164. The van der Waals surface area contributed by atoms with Crippen molar-refractivity contribution in [3.63, 3.8) is 0 Å². The summed E-state index contributed by atoms with van der Waals surface area (Å²) >= 11 is 1.47. The van der Waals surface area contributed by atoms with Gasteiger partial charge in [0.05, 0.1) is 24.0 Å². The predicted octanol–water partition coefficient (Wildman–Crippen LogP) is 3.69. The van der Waals surface area contributed by atoms with Crippen LogP contribution in [-0.2, 0) is 17.7 Å². The number of pyridine rings is 1. The standard InChI is InChI=1S/C18H21N3O3S/c1-18(2,3)24-17(23)21-6-4-15-13(10-21)8-14(9-19-15)20-16(22)12-5-7-25-11-12/h5,7-9,11H,4,6,10H2,1-3H3,(H,20,22). The van der Waals surface area contributed by atoms with Crippen molar-refractivity contribution in [3.8, 4) is 0 Å². The van der Waals surface area contributed by atoms with Gasteiger partial charge in [-0.15, -0.1) is 0 Å². The molecule has 2 amide bonds. The summed E-state index contributed by atoms with van der Waals surface area (Å²) in [5, 5.41) is 6.50. The van der Waals surface area contributed by atoms with Crippen LogP contribution in [0.4, 0.5) is 10.5 Å². The Morgan fingerprint density at radius 2 is 2.16 bits per heavy atom. The van der Waals surface area contributed by atoms with Crippen molar-refractivity contribution in [2.24, 2.45) is 0 Å². The Hall–Kier alpha value is -2.41. The number of aromatic nitrogens is 1. The molecule has 0 bridgehead atoms. The Balaban J connectivity index is 1.71. The van der Waals surface area contributed by atoms with Gasteiger partial charge in [-0.1, -0.05) is 0 Å². The van der Waals surface area contributed by atoms with Crippen LogP contribution < -0.4 is 5.32 Å². The number of amides is 2. The minimum Gasteiger partial charge on any atom is -0.444 e. The van der Waals surface area contributed by atoms with Gasteiger partial charge in [0.2, 0.25) is 0 Å². The molecular weight excluding hydrogens is 338 g/mol. The maximum Gasteiger partial charge on any atom is 0.410 e. The number of nitrogens with one attached hydrogen (secondary N) is 1. The number of carbonyl (C=O) groups excluding carboxylic acids is 2. The highest BCUT2D eigenvalue weighted by atomic mass is 32.1. The normalized spacial score (nSPS) is 14.0. The molecule has 3 heterocycles. The van der Waals surface area contributed by atoms with Gasteiger partial charge in [0.15, 0.2) is 0 Å². The molecule has 7 heteroatoms. The Morgan fingerprint density at radius 3 is 2.84 bits per heavy atom. The number of thiophene rings is 1. The maximum absolute atomic E-state index is 12.3. The van der Waals surface area contributed by atoms with Gasteiger partial charge in [-0.05, 0) is 43.8 Å². The SMILES string of the molecule is CC(C)(C)OC(=O)N1CCc2ncc(NC(=O)c3ccsc3)cc2C1. The molecule has 6 nitrogen and oxygen atoms in total. The summed E-state index contributed by atoms with van der Waals surface area (Å²) in [5.41, 5.74) is 2.61. The first-order valence-corrected chi connectivity index (χ1v) is 9.05. The van der Waals surface area contributed by atoms with E-state index in [2.05, 4.69) is 10.3 Å². The molecule has 2 aromatic heterocycles. The second-order valence-corrected chi connectivity index (χ2v) is 7.73. The van der Waals surface area contributed by atoms with Crippen LogP contribution in [0.25, 0.3) is 0 Å². The first kappa shape index (κ1) is 17.4. The van der Waals surface area contributed by atoms with Gasteiger partial charge in [0.25, 0.3) is 5.91 Å². The second-order valence-electron chi connectivity index (χ2n) is 6.95. The van der Waals surface area contributed by atoms with Gasteiger partial charge in [0, 0.05) is 24.0 Å². The summed E-state index contributed by atoms with van der Waals surface area (Å²) < 4.78 is 5.43. The van der Waals surface area contributed by atoms with Gasteiger partial charge < -0.3 is 15.0 Å². The van der Waals surface area contributed by atoms with E-state index in [0.29, 0.717) is 30.8 Å². The third-order valence-electron chi connectivity index (χ3n) is 3.73. The minimum atomic E-state index is -0.522. The Bertz CT molecular complexity index is 781. The number of carbonyl (C=O) groups is 2. The number of rotatable bonds is 2. The van der Waals surface area contributed by atoms with Gasteiger partial charge in [-0.2, -0.15) is 11.3 Å². The van der Waals surface area contributed by atoms with E-state index in [9.17, 15) is 9.59 Å². The van der Waals surface area contributed by atoms with Crippen LogP contribution in [0, 0.1) is 0 Å². The zero-order valence-corrected chi connectivity index (χ0v) is 15.4. The molecule has 0 aliphatic carbocycles. The molecule has 1 aliphatic rings. The minimum absolute atomic E-state index is 0.164. The summed E-state index contributed by atoms with van der Waals surface area (Å²) in [6.45, 7) is 6.56. The van der Waals surface area contributed by atoms with Crippen LogP contribution >= 0.6 is 11.3 Å². The molecule has 132 valence electrons. The molecule has 1 N–H and O–H groups in total. The van der Waals surface area contributed by atoms with Gasteiger partial charge in [-0.3, -0.25) is 9.78 Å². The lowest BCUT2D eigenvalue weighted by atomic mass is 10.1. The molecular formula is C18H21N3O3S. The summed E-state index contributed by atoms with van der Waals surface area (Å²) in [7, 11) is 0. The lowest BCUT2D eigenvalue weighted by molar-refractivity contribution is 0.0222. The predicted molar refractivity (Wildman–Crippen MR) is 96.9 cm³/mol. The second kappa shape index (κ2) is 6.84. The van der Waals surface area contributed by atoms with Crippen molar-refractivity contribution in [2.45, 2.75) is 39.3 Å². The fraction of sp³-hybridized carbons (Fsp3) is 0.389. The monoisotopic (exact) mass is 359 g/mol. The number of nitrogens with zero attached hydrogens (tertiary/aromatic N) is 2. The fourth-order valence-electron chi connectivity index (χ4n) is 2.57. The van der Waals surface area contributed by atoms with Crippen LogP contribution in [0.15, 0.2) is 29.1 Å². The Labute approximate surface area is 150 Å². The molecule has 1 aliphatic heterocycles. The third-order valence-corrected chi connectivity index (χ3v) is 4.42. The third kappa shape index (κ3) is 4.36. The van der Waals surface area contributed by atoms with E-state index in [-0.39, 0.29) is 12.0 Å². The largest absolute Gasteiger partial charge is 0.444 e. The highest BCUT2D eigenvalue weighted by Crippen LogP contribution is 2.22. The number of hydrogen-bond donors (Lipinski definition) is 1. The highest BCUT2D eigenvalue weighted by Gasteiger charge is 2.26. The molecule has 0 spiro atoms. The Morgan fingerprint density at radius 1 is 1.36 bits per heavy atom. The molecule has 0 fully saturated rings. The highest BCUT2D eigenvalue weighted by molar-refractivity contribution is 7.08. The zero-order chi connectivity index (χ0) is 18.0. The zero-order valence-electron chi connectivity index (χ0n) is 14.5. The number of ether oxygens (including phenoxy) is 1. The van der Waals surface area contributed by atoms with Crippen LogP contribution in [0.5, 0.6) is 0 Å². The van der Waals surface area contributed by atoms with E-state index >= 15 is 0 Å². The number of hydrogen-bond acceptors (Lipinski definition) is 5. The van der Waals surface area contributed by atoms with Crippen molar-refractivity contribution in [3.05, 3.63) is 45.9 Å². The summed E-state index contributed by atoms with van der Waals surface area (Å²) in [4.78, 5) is 30.5. The molecule has 3 rings (SSSR count). The van der Waals surface area contributed by atoms with Gasteiger partial charge >= 0.3 is 6.09 Å². The van der Waals surface area contributed by atoms with Crippen molar-refractivity contribution in [1.82, 2.24) is 9.88 Å². The molecule has 0 unspecified atom stereocenters. The van der Waals surface area contributed by atoms with Crippen molar-refractivity contribution in [2.75, 3.05) is 11.9 Å². The molecule has 25 heavy (non-hydrogen) atoms. The number of anilines is 1. The lowest BCUT2D eigenvalue weighted by Gasteiger charge is -2.31. The molecule has 0 atom stereocenters. The van der Waals surface area contributed by atoms with E-state index in [0.717, 1.165) is 11.3 Å². The van der Waals surface area contributed by atoms with E-state index in [1.54, 1.807) is 22.5 Å². The maximum atomic E-state index is 12.3. The fourth-order valence-corrected chi connectivity index (χ4v) is 3.21. The first-order chi connectivity index (χ1) is 11.8. The van der Waals surface area contributed by atoms with E-state index in [1.807, 2.05) is 32.2 Å². The molecule has 0 saturated heterocycles. The van der Waals surface area contributed by atoms with Gasteiger partial charge in [0.1, 0.15) is 5.60 Å². The van der Waals surface area contributed by atoms with Crippen molar-refractivity contribution in [1.29, 1.82) is 0 Å². The first-order valence-electron chi connectivity index (χ1n) is 8.11. The lowest BCUT2D eigenvalue weighted by Crippen LogP contribution is -2.40. The van der Waals surface area contributed by atoms with Crippen LogP contribution in [0.1, 0.15) is 42.4 Å². The smallest absolute Gasteiger partial charge is 0.410 e. The molecule has 0 saturated carbocycles. The Kier molecular flexibility index (Phi) is 4.76. The topological polar surface area (TPSA) is 71.5 Å². The van der Waals surface area contributed by atoms with Crippen LogP contribution in [0.2, 0.25) is 0 Å².